The van der Waals surface area contributed by atoms with E-state index in [-0.39, 0.29) is 22.9 Å². The van der Waals surface area contributed by atoms with Gasteiger partial charge < -0.3 is 9.52 Å². The molecule has 0 bridgehead atoms. The molecule has 0 saturated heterocycles. The summed E-state index contributed by atoms with van der Waals surface area (Å²) < 4.78 is 4.98. The van der Waals surface area contributed by atoms with Gasteiger partial charge >= 0.3 is 5.91 Å². The van der Waals surface area contributed by atoms with Crippen LogP contribution in [0.4, 0.5) is 0 Å². The first-order chi connectivity index (χ1) is 8.65. The monoisotopic (exact) mass is 246 g/mol. The van der Waals surface area contributed by atoms with Gasteiger partial charge in [-0.1, -0.05) is 30.3 Å². The van der Waals surface area contributed by atoms with Crippen LogP contribution in [0.5, 0.6) is 0 Å². The topological polar surface area (TPSA) is 50.4 Å². The van der Waals surface area contributed by atoms with Gasteiger partial charge in [0.05, 0.1) is 13.3 Å². The largest absolute Gasteiger partial charge is 0.455 e. The van der Waals surface area contributed by atoms with Gasteiger partial charge in [0.2, 0.25) is 5.76 Å². The van der Waals surface area contributed by atoms with Crippen molar-refractivity contribution < 1.29 is 18.8 Å². The van der Waals surface area contributed by atoms with Crippen molar-refractivity contribution in [2.45, 2.75) is 6.54 Å². The molecule has 2 rings (SSSR count). The highest BCUT2D eigenvalue weighted by Crippen LogP contribution is 2.16. The lowest BCUT2D eigenvalue weighted by molar-refractivity contribution is -0.862. The maximum atomic E-state index is 12.3. The standard InChI is InChI=1S/C14H16NO3/c1-15(11-16,10-12-6-3-2-4-7-12)14(17)13-8-5-9-18-13/h2-9,16H,10-11H2,1H3/q+1. The molecule has 4 heteroatoms. The molecule has 0 aliphatic carbocycles. The molecule has 0 spiro atoms. The molecule has 1 aromatic heterocycles. The summed E-state index contributed by atoms with van der Waals surface area (Å²) in [6.07, 6.45) is 1.46. The molecule has 1 aromatic carbocycles. The van der Waals surface area contributed by atoms with Crippen LogP contribution >= 0.6 is 0 Å². The van der Waals surface area contributed by atoms with E-state index in [4.69, 9.17) is 4.42 Å². The maximum absolute atomic E-state index is 12.3. The highest BCUT2D eigenvalue weighted by molar-refractivity contribution is 5.85. The molecule has 1 atom stereocenters. The average molecular weight is 246 g/mol. The van der Waals surface area contributed by atoms with Gasteiger partial charge in [-0.2, -0.15) is 0 Å². The van der Waals surface area contributed by atoms with Gasteiger partial charge in [-0.25, -0.2) is 9.28 Å². The van der Waals surface area contributed by atoms with E-state index in [0.717, 1.165) is 5.56 Å². The Morgan fingerprint density at radius 1 is 1.22 bits per heavy atom. The number of rotatable bonds is 4. The third kappa shape index (κ3) is 2.50. The smallest absolute Gasteiger partial charge is 0.383 e. The van der Waals surface area contributed by atoms with Crippen molar-refractivity contribution >= 4 is 5.91 Å². The van der Waals surface area contributed by atoms with E-state index in [1.54, 1.807) is 19.2 Å². The third-order valence-electron chi connectivity index (χ3n) is 2.91. The lowest BCUT2D eigenvalue weighted by Gasteiger charge is -2.28. The molecule has 4 nitrogen and oxygen atoms in total. The zero-order valence-corrected chi connectivity index (χ0v) is 10.2. The van der Waals surface area contributed by atoms with Crippen LogP contribution in [0.15, 0.2) is 53.1 Å². The number of nitrogens with zero attached hydrogens (tertiary/aromatic N) is 1. The summed E-state index contributed by atoms with van der Waals surface area (Å²) >= 11 is 0. The van der Waals surface area contributed by atoms with Crippen molar-refractivity contribution in [3.63, 3.8) is 0 Å². The number of carbonyl (C=O) groups excluding carboxylic acids is 1. The predicted octanol–water partition coefficient (Wildman–Crippen LogP) is 2.02. The van der Waals surface area contributed by atoms with E-state index in [1.165, 1.54) is 6.26 Å². The van der Waals surface area contributed by atoms with Crippen LogP contribution < -0.4 is 0 Å². The second-order valence-corrected chi connectivity index (χ2v) is 4.46. The molecule has 0 radical (unpaired) electrons. The zero-order valence-electron chi connectivity index (χ0n) is 10.2. The molecule has 1 heterocycles. The summed E-state index contributed by atoms with van der Waals surface area (Å²) in [6.45, 7) is 0.158. The molecule has 94 valence electrons. The van der Waals surface area contributed by atoms with Gasteiger partial charge in [-0.05, 0) is 12.1 Å². The molecule has 18 heavy (non-hydrogen) atoms. The Morgan fingerprint density at radius 3 is 2.50 bits per heavy atom. The Labute approximate surface area is 106 Å². The first kappa shape index (κ1) is 12.5. The van der Waals surface area contributed by atoms with Gasteiger partial charge in [0.1, 0.15) is 6.54 Å². The summed E-state index contributed by atoms with van der Waals surface area (Å²) in [5.41, 5.74) is 0.994. The van der Waals surface area contributed by atoms with E-state index in [2.05, 4.69) is 0 Å². The van der Waals surface area contributed by atoms with Crippen LogP contribution in [0.2, 0.25) is 0 Å². The van der Waals surface area contributed by atoms with E-state index < -0.39 is 0 Å². The van der Waals surface area contributed by atoms with Crippen LogP contribution in [-0.4, -0.2) is 29.3 Å². The van der Waals surface area contributed by atoms with Gasteiger partial charge in [-0.3, -0.25) is 0 Å². The predicted molar refractivity (Wildman–Crippen MR) is 66.5 cm³/mol. The summed E-state index contributed by atoms with van der Waals surface area (Å²) in [5.74, 6) is 0.0360. The SMILES string of the molecule is C[N+](CO)(Cc1ccccc1)C(=O)c1ccco1. The molecular weight excluding hydrogens is 230 g/mol. The van der Waals surface area contributed by atoms with Crippen LogP contribution in [-0.2, 0) is 6.54 Å². The second kappa shape index (κ2) is 5.16. The summed E-state index contributed by atoms with van der Waals surface area (Å²) in [4.78, 5) is 12.3. The highest BCUT2D eigenvalue weighted by atomic mass is 16.3. The molecule has 0 saturated carbocycles. The maximum Gasteiger partial charge on any atom is 0.383 e. The number of aliphatic hydroxyl groups is 1. The lowest BCUT2D eigenvalue weighted by atomic mass is 10.2. The van der Waals surface area contributed by atoms with E-state index in [0.29, 0.717) is 6.54 Å². The number of amides is 1. The fourth-order valence-corrected chi connectivity index (χ4v) is 1.84. The van der Waals surface area contributed by atoms with Crippen molar-refractivity contribution in [2.24, 2.45) is 0 Å². The second-order valence-electron chi connectivity index (χ2n) is 4.46. The molecule has 1 unspecified atom stereocenters. The Hall–Kier alpha value is -1.91. The number of hydrogen-bond acceptors (Lipinski definition) is 3. The molecule has 1 N–H and O–H groups in total. The zero-order chi connectivity index (χ0) is 13.0. The molecule has 0 aliphatic rings. The molecule has 2 aromatic rings. The van der Waals surface area contributed by atoms with Crippen molar-refractivity contribution in [3.05, 3.63) is 60.1 Å². The average Bonchev–Trinajstić information content (AvgIpc) is 2.92. The summed E-state index contributed by atoms with van der Waals surface area (Å²) in [6, 6.07) is 12.9. The minimum atomic E-state index is -0.269. The fourth-order valence-electron chi connectivity index (χ4n) is 1.84. The molecule has 0 fully saturated rings. The van der Waals surface area contributed by atoms with E-state index in [1.807, 2.05) is 30.3 Å². The Kier molecular flexibility index (Phi) is 3.60. The summed E-state index contributed by atoms with van der Waals surface area (Å²) in [5, 5.41) is 9.53. The minimum Gasteiger partial charge on any atom is -0.455 e. The van der Waals surface area contributed by atoms with Gasteiger partial charge in [0, 0.05) is 5.56 Å². The van der Waals surface area contributed by atoms with Gasteiger partial charge in [-0.15, -0.1) is 0 Å². The van der Waals surface area contributed by atoms with E-state index in [9.17, 15) is 9.90 Å². The molecular formula is C14H16NO3+. The van der Waals surface area contributed by atoms with Gasteiger partial charge in [0.25, 0.3) is 0 Å². The number of carbonyl (C=O) groups is 1. The van der Waals surface area contributed by atoms with Crippen LogP contribution in [0.3, 0.4) is 0 Å². The Morgan fingerprint density at radius 2 is 1.94 bits per heavy atom. The minimum absolute atomic E-state index is 0.127. The quantitative estimate of drug-likeness (QED) is 0.663. The normalized spacial score (nSPS) is 14.1. The number of benzene rings is 1. The number of aliphatic hydroxyl groups excluding tert-OH is 1. The molecule has 1 amide bonds. The van der Waals surface area contributed by atoms with Crippen LogP contribution in [0, 0.1) is 0 Å². The fraction of sp³-hybridized carbons (Fsp3) is 0.214. The van der Waals surface area contributed by atoms with E-state index >= 15 is 0 Å². The Balaban J connectivity index is 2.23. The third-order valence-corrected chi connectivity index (χ3v) is 2.91. The van der Waals surface area contributed by atoms with Crippen LogP contribution in [0.25, 0.3) is 0 Å². The number of hydrogen-bond donors (Lipinski definition) is 1. The Bertz CT molecular complexity index is 507. The highest BCUT2D eigenvalue weighted by Gasteiger charge is 2.34. The van der Waals surface area contributed by atoms with Gasteiger partial charge in [0.15, 0.2) is 6.73 Å². The summed E-state index contributed by atoms with van der Waals surface area (Å²) in [7, 11) is 1.69. The van der Waals surface area contributed by atoms with Crippen molar-refractivity contribution in [1.29, 1.82) is 0 Å². The number of quaternary nitrogens is 1. The molecule has 0 aliphatic heterocycles. The van der Waals surface area contributed by atoms with Crippen LogP contribution in [0.1, 0.15) is 16.1 Å². The van der Waals surface area contributed by atoms with Crippen molar-refractivity contribution in [1.82, 2.24) is 0 Å². The first-order valence-corrected chi connectivity index (χ1v) is 5.73. The first-order valence-electron chi connectivity index (χ1n) is 5.73. The lowest BCUT2D eigenvalue weighted by Crippen LogP contribution is -2.49. The van der Waals surface area contributed by atoms with Crippen molar-refractivity contribution in [2.75, 3.05) is 13.8 Å². The number of furan rings is 1. The van der Waals surface area contributed by atoms with Crippen molar-refractivity contribution in [3.8, 4) is 0 Å².